The molecule has 0 fully saturated rings. The molecule has 0 saturated carbocycles. The summed E-state index contributed by atoms with van der Waals surface area (Å²) in [7, 11) is 0. The third kappa shape index (κ3) is 4.41. The van der Waals surface area contributed by atoms with Crippen molar-refractivity contribution in [1.29, 1.82) is 0 Å². The molecule has 10 aromatic rings. The van der Waals surface area contributed by atoms with Crippen LogP contribution in [0.3, 0.4) is 0 Å². The number of allylic oxidation sites excluding steroid dienone is 3. The highest BCUT2D eigenvalue weighted by molar-refractivity contribution is 6.33. The van der Waals surface area contributed by atoms with Crippen LogP contribution in [-0.2, 0) is 0 Å². The van der Waals surface area contributed by atoms with Crippen molar-refractivity contribution < 1.29 is 8.83 Å². The van der Waals surface area contributed by atoms with E-state index >= 15 is 0 Å². The molecule has 3 aromatic heterocycles. The van der Waals surface area contributed by atoms with Crippen LogP contribution in [0.15, 0.2) is 161 Å². The van der Waals surface area contributed by atoms with Gasteiger partial charge in [-0.3, -0.25) is 0 Å². The van der Waals surface area contributed by atoms with Crippen molar-refractivity contribution in [2.24, 2.45) is 0 Å². The lowest BCUT2D eigenvalue weighted by atomic mass is 9.91. The highest BCUT2D eigenvalue weighted by Crippen LogP contribution is 2.45. The van der Waals surface area contributed by atoms with Crippen LogP contribution in [0.25, 0.3) is 99.9 Å². The summed E-state index contributed by atoms with van der Waals surface area (Å²) in [5, 5.41) is 8.13. The summed E-state index contributed by atoms with van der Waals surface area (Å²) < 4.78 is 13.0. The minimum atomic E-state index is 0.185. The topological polar surface area (TPSA) is 52.1 Å². The van der Waals surface area contributed by atoms with Crippen LogP contribution in [-0.4, -0.2) is 9.97 Å². The number of nitrogens with zero attached hydrogens (tertiary/aromatic N) is 2. The van der Waals surface area contributed by atoms with Crippen LogP contribution in [0, 0.1) is 0 Å². The third-order valence-corrected chi connectivity index (χ3v) is 10.6. The average Bonchev–Trinajstić information content (AvgIpc) is 3.72. The minimum Gasteiger partial charge on any atom is -0.456 e. The van der Waals surface area contributed by atoms with E-state index in [-0.39, 0.29) is 5.92 Å². The van der Waals surface area contributed by atoms with E-state index in [0.717, 1.165) is 83.3 Å². The predicted octanol–water partition coefficient (Wildman–Crippen LogP) is 13.1. The molecular formula is C48H30N2O2. The van der Waals surface area contributed by atoms with E-state index in [2.05, 4.69) is 146 Å². The lowest BCUT2D eigenvalue weighted by Crippen LogP contribution is -1.98. The first-order chi connectivity index (χ1) is 25.7. The monoisotopic (exact) mass is 666 g/mol. The van der Waals surface area contributed by atoms with Gasteiger partial charge in [0.1, 0.15) is 22.5 Å². The van der Waals surface area contributed by atoms with E-state index in [9.17, 15) is 0 Å². The van der Waals surface area contributed by atoms with Crippen molar-refractivity contribution in [2.45, 2.75) is 12.8 Å². The van der Waals surface area contributed by atoms with Gasteiger partial charge in [0.2, 0.25) is 0 Å². The summed E-state index contributed by atoms with van der Waals surface area (Å²) in [6.07, 6.45) is 6.56. The molecule has 0 radical (unpaired) electrons. The molecular weight excluding hydrogens is 637 g/mol. The van der Waals surface area contributed by atoms with Gasteiger partial charge in [0.25, 0.3) is 0 Å². The highest BCUT2D eigenvalue weighted by Gasteiger charge is 2.22. The summed E-state index contributed by atoms with van der Waals surface area (Å²) in [6, 6.07) is 48.7. The van der Waals surface area contributed by atoms with Crippen LogP contribution in [0.4, 0.5) is 0 Å². The number of fused-ring (bicyclic) bond motifs is 6. The third-order valence-electron chi connectivity index (χ3n) is 10.6. The molecule has 0 bridgehead atoms. The van der Waals surface area contributed by atoms with E-state index in [1.807, 2.05) is 18.2 Å². The smallest absolute Gasteiger partial charge is 0.160 e. The van der Waals surface area contributed by atoms with Crippen LogP contribution < -0.4 is 0 Å². The summed E-state index contributed by atoms with van der Waals surface area (Å²) in [4.78, 5) is 10.5. The first-order valence-corrected chi connectivity index (χ1v) is 17.7. The quantitative estimate of drug-likeness (QED) is 0.175. The number of benzene rings is 7. The Balaban J connectivity index is 1.14. The van der Waals surface area contributed by atoms with Gasteiger partial charge in [-0.1, -0.05) is 122 Å². The lowest BCUT2D eigenvalue weighted by molar-refractivity contribution is 0.597. The highest BCUT2D eigenvalue weighted by atomic mass is 16.3. The lowest BCUT2D eigenvalue weighted by Gasteiger charge is -2.13. The first-order valence-electron chi connectivity index (χ1n) is 17.7. The van der Waals surface area contributed by atoms with Gasteiger partial charge >= 0.3 is 0 Å². The number of hydrogen-bond donors (Lipinski definition) is 0. The summed E-state index contributed by atoms with van der Waals surface area (Å²) >= 11 is 0. The van der Waals surface area contributed by atoms with Crippen LogP contribution in [0.5, 0.6) is 0 Å². The van der Waals surface area contributed by atoms with E-state index in [0.29, 0.717) is 5.82 Å². The molecule has 1 aliphatic rings. The van der Waals surface area contributed by atoms with E-state index in [4.69, 9.17) is 18.8 Å². The van der Waals surface area contributed by atoms with Gasteiger partial charge in [-0.2, -0.15) is 0 Å². The number of rotatable bonds is 4. The van der Waals surface area contributed by atoms with Gasteiger partial charge in [0.15, 0.2) is 5.82 Å². The molecule has 11 rings (SSSR count). The Bertz CT molecular complexity index is 3070. The molecule has 4 nitrogen and oxygen atoms in total. The molecule has 0 spiro atoms. The number of hydrogen-bond acceptors (Lipinski definition) is 4. The molecule has 4 heteroatoms. The van der Waals surface area contributed by atoms with E-state index < -0.39 is 0 Å². The van der Waals surface area contributed by atoms with Crippen LogP contribution in [0.1, 0.15) is 29.9 Å². The molecule has 0 amide bonds. The Morgan fingerprint density at radius 2 is 1.19 bits per heavy atom. The zero-order valence-corrected chi connectivity index (χ0v) is 28.3. The van der Waals surface area contributed by atoms with Crippen molar-refractivity contribution >= 4 is 66.1 Å². The fourth-order valence-corrected chi connectivity index (χ4v) is 8.16. The fourth-order valence-electron chi connectivity index (χ4n) is 8.16. The average molecular weight is 667 g/mol. The SMILES string of the molecule is C[C@@H]1C=CC(c2cc(-c3ccccc3)nc(-c3ccc4c(c3)c3cccc5oc6cc(-c7ccccc7)cc4c6c53)n2)=Cc2oc3ccccc3c21. The van der Waals surface area contributed by atoms with Crippen molar-refractivity contribution in [3.8, 4) is 33.8 Å². The van der Waals surface area contributed by atoms with Gasteiger partial charge in [0.05, 0.1) is 11.4 Å². The van der Waals surface area contributed by atoms with E-state index in [1.165, 1.54) is 21.7 Å². The number of para-hydroxylation sites is 1. The Kier molecular flexibility index (Phi) is 6.20. The first kappa shape index (κ1) is 29.0. The molecule has 0 aliphatic heterocycles. The standard InChI is InChI=1S/C48H30N2O2/c1-28-19-20-31(25-43-45(28)36-15-8-9-17-41(36)51-43)40-27-39(30-13-6-3-7-14-30)49-48(50-40)32-21-22-34-37(23-32)35-16-10-18-42-46(35)47-38(34)24-33(26-44(47)52-42)29-11-4-2-5-12-29/h2-28H,1H3/t28-/m1/s1. The molecule has 0 N–H and O–H groups in total. The summed E-state index contributed by atoms with van der Waals surface area (Å²) in [5.41, 5.74) is 10.9. The molecule has 0 unspecified atom stereocenters. The van der Waals surface area contributed by atoms with Gasteiger partial charge in [-0.05, 0) is 75.1 Å². The second-order valence-corrected chi connectivity index (χ2v) is 13.8. The second kappa shape index (κ2) is 11.1. The van der Waals surface area contributed by atoms with Gasteiger partial charge in [0, 0.05) is 44.3 Å². The zero-order chi connectivity index (χ0) is 34.3. The summed E-state index contributed by atoms with van der Waals surface area (Å²) in [5.74, 6) is 1.73. The Labute approximate surface area is 299 Å². The van der Waals surface area contributed by atoms with Gasteiger partial charge in [-0.25, -0.2) is 9.97 Å². The summed E-state index contributed by atoms with van der Waals surface area (Å²) in [6.45, 7) is 2.22. The van der Waals surface area contributed by atoms with Crippen LogP contribution in [0.2, 0.25) is 0 Å². The minimum absolute atomic E-state index is 0.185. The maximum Gasteiger partial charge on any atom is 0.160 e. The molecule has 1 atom stereocenters. The molecule has 52 heavy (non-hydrogen) atoms. The van der Waals surface area contributed by atoms with Crippen molar-refractivity contribution in [3.05, 3.63) is 169 Å². The molecule has 0 saturated heterocycles. The second-order valence-electron chi connectivity index (χ2n) is 13.8. The predicted molar refractivity (Wildman–Crippen MR) is 213 cm³/mol. The fraction of sp³-hybridized carbons (Fsp3) is 0.0417. The zero-order valence-electron chi connectivity index (χ0n) is 28.3. The maximum absolute atomic E-state index is 6.53. The normalized spacial score (nSPS) is 14.5. The van der Waals surface area contributed by atoms with Crippen LogP contribution >= 0.6 is 0 Å². The molecule has 244 valence electrons. The Morgan fingerprint density at radius 3 is 2.06 bits per heavy atom. The number of aromatic nitrogens is 2. The number of furan rings is 2. The van der Waals surface area contributed by atoms with Crippen molar-refractivity contribution in [2.75, 3.05) is 0 Å². The van der Waals surface area contributed by atoms with Gasteiger partial charge < -0.3 is 8.83 Å². The largest absolute Gasteiger partial charge is 0.456 e. The van der Waals surface area contributed by atoms with Crippen molar-refractivity contribution in [3.63, 3.8) is 0 Å². The van der Waals surface area contributed by atoms with Gasteiger partial charge in [-0.15, -0.1) is 0 Å². The Hall–Kier alpha value is -6.78. The molecule has 7 aromatic carbocycles. The Morgan fingerprint density at radius 1 is 0.481 bits per heavy atom. The maximum atomic E-state index is 6.53. The molecule has 1 aliphatic carbocycles. The molecule has 3 heterocycles. The van der Waals surface area contributed by atoms with E-state index in [1.54, 1.807) is 0 Å². The van der Waals surface area contributed by atoms with Crippen molar-refractivity contribution in [1.82, 2.24) is 9.97 Å².